The van der Waals surface area contributed by atoms with E-state index >= 15 is 0 Å². The number of ether oxygens (including phenoxy) is 1. The third-order valence-corrected chi connectivity index (χ3v) is 10.6. The van der Waals surface area contributed by atoms with Crippen LogP contribution in [0.15, 0.2) is 133 Å². The van der Waals surface area contributed by atoms with E-state index in [2.05, 4.69) is 42.0 Å². The largest absolute Gasteiger partial charge is 0.484 e. The predicted molar refractivity (Wildman–Crippen MR) is 230 cm³/mol. The van der Waals surface area contributed by atoms with E-state index in [0.717, 1.165) is 33.4 Å². The Labute approximate surface area is 351 Å². The number of carbonyl (C=O) groups excluding carboxylic acids is 4. The van der Waals surface area contributed by atoms with Gasteiger partial charge in [0, 0.05) is 19.3 Å². The summed E-state index contributed by atoms with van der Waals surface area (Å²) < 4.78 is 5.76. The Morgan fingerprint density at radius 1 is 0.600 bits per heavy atom. The highest BCUT2D eigenvalue weighted by molar-refractivity contribution is 5.95. The Morgan fingerprint density at radius 3 is 1.70 bits per heavy atom. The fourth-order valence-electron chi connectivity index (χ4n) is 7.08. The highest BCUT2D eigenvalue weighted by atomic mass is 16.5. The van der Waals surface area contributed by atoms with Crippen molar-refractivity contribution in [2.45, 2.75) is 82.5 Å². The van der Waals surface area contributed by atoms with Crippen molar-refractivity contribution in [2.75, 3.05) is 6.61 Å². The number of rotatable bonds is 9. The molecule has 60 heavy (non-hydrogen) atoms. The smallest absolute Gasteiger partial charge is 0.326 e. The summed E-state index contributed by atoms with van der Waals surface area (Å²) in [4.78, 5) is 68.8. The zero-order valence-electron chi connectivity index (χ0n) is 34.2. The van der Waals surface area contributed by atoms with Crippen molar-refractivity contribution in [3.05, 3.63) is 161 Å². The molecule has 0 spiro atoms. The second-order valence-corrected chi connectivity index (χ2v) is 16.2. The van der Waals surface area contributed by atoms with Gasteiger partial charge < -0.3 is 31.1 Å². The van der Waals surface area contributed by atoms with Gasteiger partial charge in [-0.05, 0) is 69.3 Å². The van der Waals surface area contributed by atoms with Gasteiger partial charge >= 0.3 is 5.97 Å². The number of aliphatic carboxylic acids is 1. The van der Waals surface area contributed by atoms with Gasteiger partial charge in [-0.25, -0.2) is 4.79 Å². The summed E-state index contributed by atoms with van der Waals surface area (Å²) >= 11 is 0. The monoisotopic (exact) mass is 808 g/mol. The lowest BCUT2D eigenvalue weighted by Gasteiger charge is -2.26. The van der Waals surface area contributed by atoms with Crippen LogP contribution in [-0.4, -0.2) is 65.5 Å². The molecule has 5 aromatic carbocycles. The molecule has 4 atom stereocenters. The molecule has 2 heterocycles. The van der Waals surface area contributed by atoms with Crippen molar-refractivity contribution in [1.29, 1.82) is 0 Å². The van der Waals surface area contributed by atoms with Crippen molar-refractivity contribution in [1.82, 2.24) is 21.3 Å². The minimum atomic E-state index is -1.31. The Morgan fingerprint density at radius 2 is 1.12 bits per heavy atom. The summed E-state index contributed by atoms with van der Waals surface area (Å²) in [6.45, 7) is 5.92. The maximum Gasteiger partial charge on any atom is 0.326 e. The second-order valence-electron chi connectivity index (χ2n) is 16.2. The number of hydrogen-bond acceptors (Lipinski definition) is 6. The molecule has 0 radical (unpaired) electrons. The van der Waals surface area contributed by atoms with Crippen LogP contribution in [0, 0.1) is 0 Å². The van der Waals surface area contributed by atoms with Crippen LogP contribution in [-0.2, 0) is 55.1 Å². The molecule has 2 bridgehead atoms. The number of nitrogens with one attached hydrogen (secondary N) is 4. The van der Waals surface area contributed by atoms with E-state index in [-0.39, 0.29) is 31.1 Å². The van der Waals surface area contributed by atoms with Gasteiger partial charge in [-0.2, -0.15) is 0 Å². The van der Waals surface area contributed by atoms with Crippen molar-refractivity contribution in [3.8, 4) is 16.9 Å². The molecular formula is C49H52N4O7. The first-order chi connectivity index (χ1) is 28.8. The number of amides is 4. The van der Waals surface area contributed by atoms with E-state index in [0.29, 0.717) is 17.7 Å². The lowest BCUT2D eigenvalue weighted by atomic mass is 9.86. The Kier molecular flexibility index (Phi) is 14.1. The lowest BCUT2D eigenvalue weighted by molar-refractivity contribution is -0.142. The van der Waals surface area contributed by atoms with E-state index in [1.165, 1.54) is 0 Å². The van der Waals surface area contributed by atoms with Gasteiger partial charge in [0.2, 0.25) is 17.7 Å². The van der Waals surface area contributed by atoms with Gasteiger partial charge in [0.1, 0.15) is 29.9 Å². The first-order valence-electron chi connectivity index (χ1n) is 20.2. The molecule has 2 aliphatic rings. The number of aryl methyl sites for hydroxylation is 1. The molecule has 310 valence electrons. The molecule has 0 aromatic heterocycles. The van der Waals surface area contributed by atoms with Crippen LogP contribution < -0.4 is 26.0 Å². The number of fused-ring (bicyclic) bond motifs is 16. The number of hydrogen-bond donors (Lipinski definition) is 5. The standard InChI is InChI=1S/C49H52N4O7/c1-49(2,3)38-23-16-34(17-24-38)28-41-46(56)52-42(29-33-14-21-37(22-15-33)36-12-8-5-9-13-36)47(57)51-40(27-20-32-10-6-4-7-11-32)45(55)53-43(48(58)59)30-35-18-25-39(26-19-35)60-31-44(54)50-41/h4-19,21-26,40-43H,20,27-31H2,1-3H3,(H,50,54)(H,51,57)(H,52,56)(H,53,55)(H,58,59). The third-order valence-electron chi connectivity index (χ3n) is 10.6. The minimum Gasteiger partial charge on any atom is -0.484 e. The molecule has 4 unspecified atom stereocenters. The van der Waals surface area contributed by atoms with Crippen molar-refractivity contribution in [2.24, 2.45) is 0 Å². The predicted octanol–water partition coefficient (Wildman–Crippen LogP) is 5.73. The van der Waals surface area contributed by atoms with Crippen LogP contribution >= 0.6 is 0 Å². The van der Waals surface area contributed by atoms with E-state index in [1.807, 2.05) is 109 Å². The summed E-state index contributed by atoms with van der Waals surface area (Å²) in [6.07, 6.45) is 0.677. The zero-order valence-corrected chi connectivity index (χ0v) is 34.2. The van der Waals surface area contributed by atoms with Crippen molar-refractivity contribution in [3.63, 3.8) is 0 Å². The molecule has 11 nitrogen and oxygen atoms in total. The quantitative estimate of drug-likeness (QED) is 0.119. The summed E-state index contributed by atoms with van der Waals surface area (Å²) in [5.41, 5.74) is 6.05. The summed E-state index contributed by atoms with van der Waals surface area (Å²) in [5, 5.41) is 21.4. The fraction of sp³-hybridized carbons (Fsp3) is 0.286. The van der Waals surface area contributed by atoms with Crippen molar-refractivity contribution < 1.29 is 33.8 Å². The second kappa shape index (κ2) is 19.8. The van der Waals surface area contributed by atoms with Crippen LogP contribution in [0.2, 0.25) is 0 Å². The molecule has 0 aliphatic carbocycles. The average molecular weight is 809 g/mol. The lowest BCUT2D eigenvalue weighted by Crippen LogP contribution is -2.59. The highest BCUT2D eigenvalue weighted by Crippen LogP contribution is 2.23. The molecule has 7 rings (SSSR count). The summed E-state index contributed by atoms with van der Waals surface area (Å²) in [7, 11) is 0. The third kappa shape index (κ3) is 12.1. The van der Waals surface area contributed by atoms with Crippen LogP contribution in [0.5, 0.6) is 5.75 Å². The molecule has 0 saturated heterocycles. The van der Waals surface area contributed by atoms with Crippen LogP contribution in [0.1, 0.15) is 55.0 Å². The first kappa shape index (κ1) is 42.8. The maximum atomic E-state index is 14.5. The number of carboxylic acids is 1. The van der Waals surface area contributed by atoms with Crippen LogP contribution in [0.4, 0.5) is 0 Å². The maximum absolute atomic E-state index is 14.5. The molecule has 11 heteroatoms. The van der Waals surface area contributed by atoms with Crippen LogP contribution in [0.3, 0.4) is 0 Å². The zero-order chi connectivity index (χ0) is 42.6. The molecule has 5 aromatic rings. The van der Waals surface area contributed by atoms with Gasteiger partial charge in [-0.1, -0.05) is 142 Å². The molecule has 5 N–H and O–H groups in total. The molecule has 0 fully saturated rings. The summed E-state index contributed by atoms with van der Waals surface area (Å²) in [5.74, 6) is -3.37. The molecule has 4 amide bonds. The number of benzene rings is 5. The van der Waals surface area contributed by atoms with E-state index in [4.69, 9.17) is 4.74 Å². The minimum absolute atomic E-state index is 0.0444. The Balaban J connectivity index is 1.34. The number of carboxylic acid groups (broad SMARTS) is 1. The van der Waals surface area contributed by atoms with Gasteiger partial charge in [0.25, 0.3) is 5.91 Å². The van der Waals surface area contributed by atoms with Gasteiger partial charge in [-0.3, -0.25) is 19.2 Å². The molecular weight excluding hydrogens is 757 g/mol. The Hall–Kier alpha value is -6.75. The fourth-order valence-corrected chi connectivity index (χ4v) is 7.08. The average Bonchev–Trinajstić information content (AvgIpc) is 3.24. The van der Waals surface area contributed by atoms with Gasteiger partial charge in [0.15, 0.2) is 6.61 Å². The van der Waals surface area contributed by atoms with Gasteiger partial charge in [0.05, 0.1) is 0 Å². The molecule has 2 aliphatic heterocycles. The summed E-state index contributed by atoms with van der Waals surface area (Å²) in [6, 6.07) is 36.5. The first-order valence-corrected chi connectivity index (χ1v) is 20.2. The normalized spacial score (nSPS) is 19.3. The Bertz CT molecular complexity index is 2240. The number of carbonyl (C=O) groups is 5. The highest BCUT2D eigenvalue weighted by Gasteiger charge is 2.32. The van der Waals surface area contributed by atoms with E-state index < -0.39 is 60.4 Å². The van der Waals surface area contributed by atoms with Crippen molar-refractivity contribution >= 4 is 29.6 Å². The molecule has 0 saturated carbocycles. The van der Waals surface area contributed by atoms with Gasteiger partial charge in [-0.15, -0.1) is 0 Å². The van der Waals surface area contributed by atoms with Crippen LogP contribution in [0.25, 0.3) is 11.1 Å². The van der Waals surface area contributed by atoms with E-state index in [1.54, 1.807) is 24.3 Å². The topological polar surface area (TPSA) is 163 Å². The SMILES string of the molecule is CC(C)(C)c1ccc(CC2NC(=O)COc3ccc(cc3)CC(C(=O)O)NC(=O)C(CCc3ccccc3)NC(=O)C(Cc3ccc(-c4ccccc4)cc3)NC2=O)cc1. The van der Waals surface area contributed by atoms with E-state index in [9.17, 15) is 29.1 Å².